The van der Waals surface area contributed by atoms with Gasteiger partial charge in [-0.15, -0.1) is 0 Å². The van der Waals surface area contributed by atoms with E-state index in [1.807, 2.05) is 6.07 Å². The maximum absolute atomic E-state index is 5.31. The summed E-state index contributed by atoms with van der Waals surface area (Å²) in [7, 11) is 0. The van der Waals surface area contributed by atoms with Crippen LogP contribution in [0.1, 0.15) is 24.4 Å². The molecule has 2 heterocycles. The summed E-state index contributed by atoms with van der Waals surface area (Å²) in [6.45, 7) is 1.12. The van der Waals surface area contributed by atoms with Gasteiger partial charge in [-0.05, 0) is 37.1 Å². The van der Waals surface area contributed by atoms with Gasteiger partial charge in [-0.1, -0.05) is 12.1 Å². The number of aromatic nitrogens is 1. The topological polar surface area (TPSA) is 38.1 Å². The highest BCUT2D eigenvalue weighted by atomic mass is 16.3. The molecule has 0 radical (unpaired) electrons. The first-order valence-electron chi connectivity index (χ1n) is 5.67. The van der Waals surface area contributed by atoms with E-state index in [1.165, 1.54) is 18.4 Å². The molecule has 0 aliphatic carbocycles. The standard InChI is InChI=1S/C13H14N2O/c1-3-10(12-5-2-6-14-12)9-11(4-1)13-15-7-8-16-13/h1,3-4,7-9,12,14H,2,5-6H2. The number of oxazole rings is 1. The van der Waals surface area contributed by atoms with Gasteiger partial charge in [0.25, 0.3) is 0 Å². The molecule has 1 aromatic heterocycles. The number of benzene rings is 1. The zero-order valence-electron chi connectivity index (χ0n) is 9.02. The van der Waals surface area contributed by atoms with E-state index in [2.05, 4.69) is 28.5 Å². The van der Waals surface area contributed by atoms with E-state index in [4.69, 9.17) is 4.42 Å². The van der Waals surface area contributed by atoms with Crippen LogP contribution in [0.4, 0.5) is 0 Å². The van der Waals surface area contributed by atoms with Crippen LogP contribution in [-0.2, 0) is 0 Å². The Hall–Kier alpha value is -1.61. The minimum absolute atomic E-state index is 0.495. The molecule has 0 bridgehead atoms. The summed E-state index contributed by atoms with van der Waals surface area (Å²) in [6, 6.07) is 8.92. The van der Waals surface area contributed by atoms with Crippen LogP contribution in [0, 0.1) is 0 Å². The van der Waals surface area contributed by atoms with Gasteiger partial charge >= 0.3 is 0 Å². The number of nitrogens with zero attached hydrogens (tertiary/aromatic N) is 1. The lowest BCUT2D eigenvalue weighted by Crippen LogP contribution is -2.12. The molecular formula is C13H14N2O. The molecule has 0 saturated carbocycles. The largest absolute Gasteiger partial charge is 0.445 e. The van der Waals surface area contributed by atoms with Crippen LogP contribution in [0.3, 0.4) is 0 Å². The first-order valence-corrected chi connectivity index (χ1v) is 5.67. The molecule has 1 aliphatic heterocycles. The van der Waals surface area contributed by atoms with Crippen molar-refractivity contribution in [3.8, 4) is 11.5 Å². The first-order chi connectivity index (χ1) is 7.93. The Balaban J connectivity index is 1.93. The summed E-state index contributed by atoms with van der Waals surface area (Å²) in [5.41, 5.74) is 2.38. The fourth-order valence-electron chi connectivity index (χ4n) is 2.22. The smallest absolute Gasteiger partial charge is 0.225 e. The van der Waals surface area contributed by atoms with Crippen molar-refractivity contribution in [1.29, 1.82) is 0 Å². The van der Waals surface area contributed by atoms with E-state index in [-0.39, 0.29) is 0 Å². The highest BCUT2D eigenvalue weighted by Crippen LogP contribution is 2.26. The van der Waals surface area contributed by atoms with Gasteiger partial charge in [0.2, 0.25) is 5.89 Å². The van der Waals surface area contributed by atoms with Gasteiger partial charge in [0.1, 0.15) is 6.26 Å². The molecule has 3 rings (SSSR count). The summed E-state index contributed by atoms with van der Waals surface area (Å²) in [4.78, 5) is 4.17. The van der Waals surface area contributed by atoms with Crippen molar-refractivity contribution >= 4 is 0 Å². The minimum Gasteiger partial charge on any atom is -0.445 e. The highest BCUT2D eigenvalue weighted by Gasteiger charge is 2.16. The molecule has 3 heteroatoms. The van der Waals surface area contributed by atoms with Crippen LogP contribution in [0.5, 0.6) is 0 Å². The third-order valence-corrected chi connectivity index (χ3v) is 3.03. The van der Waals surface area contributed by atoms with Gasteiger partial charge in [0.05, 0.1) is 6.20 Å². The normalized spacial score (nSPS) is 20.1. The van der Waals surface area contributed by atoms with E-state index in [0.29, 0.717) is 11.9 Å². The Morgan fingerprint density at radius 2 is 2.38 bits per heavy atom. The maximum atomic E-state index is 5.31. The zero-order chi connectivity index (χ0) is 10.8. The molecule has 0 amide bonds. The summed E-state index contributed by atoms with van der Waals surface area (Å²) in [6.07, 6.45) is 5.76. The Kier molecular flexibility index (Phi) is 2.46. The molecule has 1 fully saturated rings. The Morgan fingerprint density at radius 1 is 1.38 bits per heavy atom. The van der Waals surface area contributed by atoms with Crippen LogP contribution in [0.15, 0.2) is 41.1 Å². The molecule has 3 nitrogen and oxygen atoms in total. The van der Waals surface area contributed by atoms with Gasteiger partial charge in [0, 0.05) is 11.6 Å². The summed E-state index contributed by atoms with van der Waals surface area (Å²) in [5, 5.41) is 3.49. The van der Waals surface area contributed by atoms with Crippen LogP contribution in [-0.4, -0.2) is 11.5 Å². The van der Waals surface area contributed by atoms with Crippen molar-refractivity contribution in [2.75, 3.05) is 6.54 Å². The third kappa shape index (κ3) is 1.74. The van der Waals surface area contributed by atoms with Crippen molar-refractivity contribution in [2.45, 2.75) is 18.9 Å². The van der Waals surface area contributed by atoms with Crippen molar-refractivity contribution in [2.24, 2.45) is 0 Å². The van der Waals surface area contributed by atoms with Gasteiger partial charge in [-0.3, -0.25) is 0 Å². The van der Waals surface area contributed by atoms with E-state index in [9.17, 15) is 0 Å². The average molecular weight is 214 g/mol. The number of hydrogen-bond donors (Lipinski definition) is 1. The van der Waals surface area contributed by atoms with Crippen molar-refractivity contribution < 1.29 is 4.42 Å². The van der Waals surface area contributed by atoms with Gasteiger partial charge < -0.3 is 9.73 Å². The number of rotatable bonds is 2. The first kappa shape index (κ1) is 9.60. The fourth-order valence-corrected chi connectivity index (χ4v) is 2.22. The monoisotopic (exact) mass is 214 g/mol. The number of nitrogens with one attached hydrogen (secondary N) is 1. The summed E-state index contributed by atoms with van der Waals surface area (Å²) < 4.78 is 5.31. The van der Waals surface area contributed by atoms with Crippen molar-refractivity contribution in [1.82, 2.24) is 10.3 Å². The second-order valence-electron chi connectivity index (χ2n) is 4.11. The molecule has 1 unspecified atom stereocenters. The fraction of sp³-hybridized carbons (Fsp3) is 0.308. The second-order valence-corrected chi connectivity index (χ2v) is 4.11. The minimum atomic E-state index is 0.495. The molecule has 1 aromatic carbocycles. The van der Waals surface area contributed by atoms with Gasteiger partial charge in [0.15, 0.2) is 0 Å². The lowest BCUT2D eigenvalue weighted by atomic mass is 10.0. The van der Waals surface area contributed by atoms with E-state index >= 15 is 0 Å². The van der Waals surface area contributed by atoms with Gasteiger partial charge in [-0.25, -0.2) is 4.98 Å². The zero-order valence-corrected chi connectivity index (χ0v) is 9.02. The van der Waals surface area contributed by atoms with Crippen LogP contribution in [0.25, 0.3) is 11.5 Å². The third-order valence-electron chi connectivity index (χ3n) is 3.03. The molecule has 1 atom stereocenters. The lowest BCUT2D eigenvalue weighted by molar-refractivity contribution is 0.574. The summed E-state index contributed by atoms with van der Waals surface area (Å²) in [5.74, 6) is 0.694. The van der Waals surface area contributed by atoms with Gasteiger partial charge in [-0.2, -0.15) is 0 Å². The molecular weight excluding hydrogens is 200 g/mol. The van der Waals surface area contributed by atoms with E-state index in [1.54, 1.807) is 12.5 Å². The predicted molar refractivity (Wildman–Crippen MR) is 61.9 cm³/mol. The van der Waals surface area contributed by atoms with E-state index in [0.717, 1.165) is 12.1 Å². The molecule has 2 aromatic rings. The Labute approximate surface area is 94.5 Å². The molecule has 82 valence electrons. The lowest BCUT2D eigenvalue weighted by Gasteiger charge is -2.10. The highest BCUT2D eigenvalue weighted by molar-refractivity contribution is 5.54. The van der Waals surface area contributed by atoms with Crippen molar-refractivity contribution in [3.05, 3.63) is 42.3 Å². The molecule has 0 spiro atoms. The molecule has 16 heavy (non-hydrogen) atoms. The maximum Gasteiger partial charge on any atom is 0.225 e. The molecule has 1 aliphatic rings. The second kappa shape index (κ2) is 4.10. The van der Waals surface area contributed by atoms with Crippen LogP contribution < -0.4 is 5.32 Å². The Morgan fingerprint density at radius 3 is 3.12 bits per heavy atom. The molecule has 1 saturated heterocycles. The van der Waals surface area contributed by atoms with E-state index < -0.39 is 0 Å². The van der Waals surface area contributed by atoms with Crippen LogP contribution in [0.2, 0.25) is 0 Å². The Bertz CT molecular complexity index is 459. The van der Waals surface area contributed by atoms with Crippen LogP contribution >= 0.6 is 0 Å². The quantitative estimate of drug-likeness (QED) is 0.835. The number of hydrogen-bond acceptors (Lipinski definition) is 3. The SMILES string of the molecule is c1cc(-c2ncco2)cc(C2CCCN2)c1. The average Bonchev–Trinajstić information content (AvgIpc) is 3.03. The molecule has 1 N–H and O–H groups in total. The summed E-state index contributed by atoms with van der Waals surface area (Å²) >= 11 is 0. The van der Waals surface area contributed by atoms with Crippen molar-refractivity contribution in [3.63, 3.8) is 0 Å². The predicted octanol–water partition coefficient (Wildman–Crippen LogP) is 2.77.